The molecule has 0 saturated heterocycles. The predicted octanol–water partition coefficient (Wildman–Crippen LogP) is 5.24. The normalized spacial score (nSPS) is 16.5. The quantitative estimate of drug-likeness (QED) is 0.723. The van der Waals surface area contributed by atoms with E-state index in [9.17, 15) is 35.8 Å². The number of benzene rings is 1. The zero-order valence-corrected chi connectivity index (χ0v) is 12.7. The van der Waals surface area contributed by atoms with E-state index in [1.165, 1.54) is 24.3 Å². The van der Waals surface area contributed by atoms with Crippen LogP contribution in [0.15, 0.2) is 24.3 Å². The van der Waals surface area contributed by atoms with Crippen LogP contribution in [0, 0.1) is 0 Å². The highest BCUT2D eigenvalue weighted by Gasteiger charge is 2.73. The van der Waals surface area contributed by atoms with Gasteiger partial charge in [0, 0.05) is 0 Å². The summed E-state index contributed by atoms with van der Waals surface area (Å²) in [6.45, 7) is 4.48. The molecular weight excluding hydrogens is 329 g/mol. The Bertz CT molecular complexity index is 530. The number of hydrogen-bond donors (Lipinski definition) is 1. The summed E-state index contributed by atoms with van der Waals surface area (Å²) in [5.41, 5.74) is -1.91. The van der Waals surface area contributed by atoms with Crippen molar-refractivity contribution in [2.75, 3.05) is 0 Å². The topological polar surface area (TPSA) is 20.2 Å². The van der Waals surface area contributed by atoms with Crippen molar-refractivity contribution in [3.05, 3.63) is 35.4 Å². The molecule has 132 valence electrons. The van der Waals surface area contributed by atoms with Crippen LogP contribution in [0.2, 0.25) is 0 Å². The number of hydrogen-bond acceptors (Lipinski definition) is 1. The van der Waals surface area contributed by atoms with Gasteiger partial charge in [0.2, 0.25) is 0 Å². The van der Waals surface area contributed by atoms with Crippen LogP contribution in [0.5, 0.6) is 0 Å². The van der Waals surface area contributed by atoms with E-state index in [-0.39, 0.29) is 11.5 Å². The molecule has 0 heterocycles. The van der Waals surface area contributed by atoms with Crippen molar-refractivity contribution in [2.24, 2.45) is 0 Å². The predicted molar refractivity (Wildman–Crippen MR) is 70.7 cm³/mol. The fraction of sp³-hybridized carbons (Fsp3) is 0.600. The summed E-state index contributed by atoms with van der Waals surface area (Å²) in [7, 11) is 0. The van der Waals surface area contributed by atoms with Gasteiger partial charge in [-0.2, -0.15) is 30.7 Å². The van der Waals surface area contributed by atoms with Gasteiger partial charge in [-0.3, -0.25) is 0 Å². The van der Waals surface area contributed by atoms with Gasteiger partial charge in [0.1, 0.15) is 0 Å². The highest BCUT2D eigenvalue weighted by molar-refractivity contribution is 5.28. The van der Waals surface area contributed by atoms with Crippen LogP contribution < -0.4 is 0 Å². The molecule has 0 aliphatic carbocycles. The lowest BCUT2D eigenvalue weighted by Gasteiger charge is -2.34. The zero-order chi connectivity index (χ0) is 18.3. The first-order chi connectivity index (χ1) is 10.1. The Morgan fingerprint density at radius 3 is 1.70 bits per heavy atom. The fourth-order valence-corrected chi connectivity index (χ4v) is 2.08. The SMILES string of the molecule is CC(C)c1ccc(C(C)(O)CC(F)(F)C(F)(F)C(F)(F)F)cc1. The van der Waals surface area contributed by atoms with Gasteiger partial charge in [-0.05, 0) is 24.0 Å². The van der Waals surface area contributed by atoms with E-state index in [2.05, 4.69) is 0 Å². The van der Waals surface area contributed by atoms with E-state index in [0.29, 0.717) is 0 Å². The Morgan fingerprint density at radius 1 is 0.913 bits per heavy atom. The van der Waals surface area contributed by atoms with Gasteiger partial charge in [-0.25, -0.2) is 0 Å². The van der Waals surface area contributed by atoms with E-state index in [1.54, 1.807) is 0 Å². The monoisotopic (exact) mass is 346 g/mol. The maximum atomic E-state index is 13.5. The maximum Gasteiger partial charge on any atom is 0.459 e. The highest BCUT2D eigenvalue weighted by atomic mass is 19.4. The van der Waals surface area contributed by atoms with E-state index in [4.69, 9.17) is 0 Å². The highest BCUT2D eigenvalue weighted by Crippen LogP contribution is 2.50. The first-order valence-electron chi connectivity index (χ1n) is 6.77. The summed E-state index contributed by atoms with van der Waals surface area (Å²) in [4.78, 5) is 0. The van der Waals surface area contributed by atoms with Crippen molar-refractivity contribution in [3.8, 4) is 0 Å². The fourth-order valence-electron chi connectivity index (χ4n) is 2.08. The van der Waals surface area contributed by atoms with Crippen LogP contribution in [0.25, 0.3) is 0 Å². The second-order valence-corrected chi connectivity index (χ2v) is 6.00. The minimum atomic E-state index is -6.41. The summed E-state index contributed by atoms with van der Waals surface area (Å²) in [5, 5.41) is 10.00. The average molecular weight is 346 g/mol. The molecule has 0 amide bonds. The van der Waals surface area contributed by atoms with Crippen molar-refractivity contribution < 1.29 is 35.8 Å². The molecule has 0 aromatic heterocycles. The molecule has 0 spiro atoms. The molecule has 23 heavy (non-hydrogen) atoms. The molecule has 8 heteroatoms. The molecule has 1 rings (SSSR count). The van der Waals surface area contributed by atoms with Gasteiger partial charge in [0.15, 0.2) is 0 Å². The van der Waals surface area contributed by atoms with Crippen molar-refractivity contribution in [3.63, 3.8) is 0 Å². The number of halogens is 7. The molecule has 0 saturated carbocycles. The molecule has 0 aliphatic rings. The maximum absolute atomic E-state index is 13.5. The second-order valence-electron chi connectivity index (χ2n) is 6.00. The molecule has 1 unspecified atom stereocenters. The van der Waals surface area contributed by atoms with Crippen molar-refractivity contribution in [1.29, 1.82) is 0 Å². The third-order valence-electron chi connectivity index (χ3n) is 3.58. The first-order valence-corrected chi connectivity index (χ1v) is 6.77. The van der Waals surface area contributed by atoms with Crippen molar-refractivity contribution >= 4 is 0 Å². The third-order valence-corrected chi connectivity index (χ3v) is 3.58. The lowest BCUT2D eigenvalue weighted by atomic mass is 9.86. The average Bonchev–Trinajstić information content (AvgIpc) is 2.36. The van der Waals surface area contributed by atoms with Crippen LogP contribution in [-0.4, -0.2) is 23.1 Å². The van der Waals surface area contributed by atoms with Crippen molar-refractivity contribution in [1.82, 2.24) is 0 Å². The summed E-state index contributed by atoms with van der Waals surface area (Å²) < 4.78 is 89.2. The van der Waals surface area contributed by atoms with E-state index in [0.717, 1.165) is 12.5 Å². The largest absolute Gasteiger partial charge is 0.459 e. The van der Waals surface area contributed by atoms with Crippen LogP contribution in [0.1, 0.15) is 44.2 Å². The molecule has 1 aromatic carbocycles. The summed E-state index contributed by atoms with van der Waals surface area (Å²) in [6, 6.07) is 5.46. The first kappa shape index (κ1) is 19.7. The van der Waals surface area contributed by atoms with Crippen LogP contribution in [0.3, 0.4) is 0 Å². The lowest BCUT2D eigenvalue weighted by molar-refractivity contribution is -0.361. The zero-order valence-electron chi connectivity index (χ0n) is 12.7. The molecule has 1 N–H and O–H groups in total. The summed E-state index contributed by atoms with van der Waals surface area (Å²) in [6.07, 6.45) is -8.47. The van der Waals surface area contributed by atoms with Crippen LogP contribution in [0.4, 0.5) is 30.7 Å². The molecule has 0 fully saturated rings. The van der Waals surface area contributed by atoms with Gasteiger partial charge in [-0.15, -0.1) is 0 Å². The van der Waals surface area contributed by atoms with Gasteiger partial charge >= 0.3 is 18.0 Å². The minimum Gasteiger partial charge on any atom is -0.385 e. The standard InChI is InChI=1S/C15H17F7O/c1-9(2)10-4-6-11(7-5-10)12(3,23)8-13(16,17)14(18,19)15(20,21)22/h4-7,9,23H,8H2,1-3H3. The third kappa shape index (κ3) is 3.97. The Balaban J connectivity index is 3.09. The van der Waals surface area contributed by atoms with Gasteiger partial charge in [0.25, 0.3) is 0 Å². The Morgan fingerprint density at radius 2 is 1.35 bits per heavy atom. The van der Waals surface area contributed by atoms with Gasteiger partial charge in [-0.1, -0.05) is 38.1 Å². The Kier molecular flexibility index (Phi) is 5.11. The smallest absolute Gasteiger partial charge is 0.385 e. The molecule has 1 aromatic rings. The summed E-state index contributed by atoms with van der Waals surface area (Å²) in [5.74, 6) is -11.6. The number of rotatable bonds is 5. The van der Waals surface area contributed by atoms with E-state index >= 15 is 0 Å². The molecule has 0 aliphatic heterocycles. The lowest BCUT2D eigenvalue weighted by Crippen LogP contribution is -2.54. The molecule has 0 radical (unpaired) electrons. The minimum absolute atomic E-state index is 0.102. The van der Waals surface area contributed by atoms with Crippen LogP contribution >= 0.6 is 0 Å². The molecule has 0 bridgehead atoms. The van der Waals surface area contributed by atoms with Crippen molar-refractivity contribution in [2.45, 2.75) is 56.7 Å². The Labute approximate surface area is 129 Å². The molecule has 1 atom stereocenters. The van der Waals surface area contributed by atoms with Crippen LogP contribution in [-0.2, 0) is 5.60 Å². The summed E-state index contributed by atoms with van der Waals surface area (Å²) >= 11 is 0. The molecule has 1 nitrogen and oxygen atoms in total. The second kappa shape index (κ2) is 5.96. The molecular formula is C15H17F7O. The van der Waals surface area contributed by atoms with Gasteiger partial charge < -0.3 is 5.11 Å². The van der Waals surface area contributed by atoms with E-state index in [1.807, 2.05) is 13.8 Å². The van der Waals surface area contributed by atoms with E-state index < -0.39 is 30.0 Å². The van der Waals surface area contributed by atoms with Gasteiger partial charge in [0.05, 0.1) is 12.0 Å². The Hall–Kier alpha value is -1.31. The number of alkyl halides is 7. The number of aliphatic hydroxyl groups is 1.